The molecule has 10 aliphatic heterocycles. The van der Waals surface area contributed by atoms with Gasteiger partial charge in [0.05, 0.1) is 66.1 Å². The first-order valence-corrected chi connectivity index (χ1v) is 39.1. The summed E-state index contributed by atoms with van der Waals surface area (Å²) >= 11 is 0. The van der Waals surface area contributed by atoms with Crippen LogP contribution in [0.5, 0.6) is 0 Å². The SMILES string of the molecule is CC(=O)N[C@H]1[C@H](O[C@H]2[C@@H](O)[C@@H](CO[C@@H]3O[C@H](CO)[C@@H](O[C@@H]4O[C@H](CO)[C@H](O)[C@H](O)[C@H]4O)[C@H](O)[C@H]3NC(C)=O)O[C@@H](O[C@H]3[C@H](O)[C@@H](NC(C)=O)[C@H](OC[C@H]4O[C@@H](O[C@H]5[C@H](O)[C@@H](O)C(O)O[C@@H]5CO)[C@H](O)[C@@H](O[C@@H]5O[C@H](CO)[C@@H](O[C@@H]6O[C@H](CO)[C@H](O)[C@H](O)[C@H]6O)[C@H](O)[C@H]5NC(C)=O)[C@H]4O)O[C@@H]3CO)[C@@H]2O)O[C@H](CO)[C@@H](OC2O[C@H](CO)[C@H](O)[C@H](O)[C@H]2O)[C@@H]1O. The van der Waals surface area contributed by atoms with Crippen molar-refractivity contribution in [2.75, 3.05) is 66.1 Å². The molecule has 10 saturated heterocycles. The van der Waals surface area contributed by atoms with Crippen LogP contribution in [0, 0.1) is 0 Å². The minimum absolute atomic E-state index is 0.909. The summed E-state index contributed by atoms with van der Waals surface area (Å²) in [5, 5.41) is 319. The molecule has 10 rings (SSSR count). The van der Waals surface area contributed by atoms with E-state index in [-0.39, 0.29) is 0 Å². The highest BCUT2D eigenvalue weighted by Crippen LogP contribution is 2.40. The number of ether oxygens (including phenoxy) is 19. The van der Waals surface area contributed by atoms with E-state index in [1.165, 1.54) is 0 Å². The molecule has 55 heteroatoms. The Kier molecular flexibility index (Phi) is 36.4. The summed E-state index contributed by atoms with van der Waals surface area (Å²) in [6.07, 6.45) is -95.0. The number of nitrogens with one attached hydrogen (secondary N) is 4. The van der Waals surface area contributed by atoms with Gasteiger partial charge in [-0.2, -0.15) is 0 Å². The van der Waals surface area contributed by atoms with Crippen LogP contribution in [0.2, 0.25) is 0 Å². The topological polar surface area (TPSA) is 858 Å². The zero-order valence-corrected chi connectivity index (χ0v) is 65.9. The van der Waals surface area contributed by atoms with Crippen LogP contribution in [0.1, 0.15) is 27.7 Å². The minimum Gasteiger partial charge on any atom is -0.394 e. The zero-order valence-electron chi connectivity index (χ0n) is 65.9. The van der Waals surface area contributed by atoms with Gasteiger partial charge >= 0.3 is 0 Å². The van der Waals surface area contributed by atoms with Crippen LogP contribution in [-0.2, 0) is 109 Å². The van der Waals surface area contributed by atoms with E-state index in [1.807, 2.05) is 0 Å². The van der Waals surface area contributed by atoms with E-state index < -0.39 is 397 Å². The van der Waals surface area contributed by atoms with Crippen LogP contribution in [0.3, 0.4) is 0 Å². The fourth-order valence-corrected chi connectivity index (χ4v) is 15.9. The molecular formula is C68H114N4O51. The fourth-order valence-electron chi connectivity index (χ4n) is 15.9. The van der Waals surface area contributed by atoms with Crippen molar-refractivity contribution in [3.05, 3.63) is 0 Å². The Labute approximate surface area is 695 Å². The quantitative estimate of drug-likeness (QED) is 0.0297. The average Bonchev–Trinajstić information content (AvgIpc) is 0.774. The molecule has 0 aromatic rings. The Morgan fingerprint density at radius 3 is 0.683 bits per heavy atom. The second kappa shape index (κ2) is 44.3. The average molecular weight is 1800 g/mol. The molecule has 0 aromatic heterocycles. The Morgan fingerprint density at radius 2 is 0.423 bits per heavy atom. The van der Waals surface area contributed by atoms with Gasteiger partial charge in [0.15, 0.2) is 62.9 Å². The first kappa shape index (κ1) is 101. The van der Waals surface area contributed by atoms with E-state index in [2.05, 4.69) is 21.3 Å². The van der Waals surface area contributed by atoms with Gasteiger partial charge in [0.25, 0.3) is 0 Å². The molecule has 4 amide bonds. The van der Waals surface area contributed by atoms with E-state index in [0.29, 0.717) is 0 Å². The van der Waals surface area contributed by atoms with Crippen LogP contribution >= 0.6 is 0 Å². The summed E-state index contributed by atoms with van der Waals surface area (Å²) in [5.74, 6) is -3.83. The molecule has 2 unspecified atom stereocenters. The predicted octanol–water partition coefficient (Wildman–Crippen LogP) is -22.2. The number of hydrogen-bond donors (Lipinski definition) is 32. The third-order valence-electron chi connectivity index (χ3n) is 22.4. The maximum absolute atomic E-state index is 13.3. The molecule has 0 saturated carbocycles. The first-order chi connectivity index (χ1) is 58.2. The number of amides is 4. The molecule has 123 heavy (non-hydrogen) atoms. The Bertz CT molecular complexity index is 3300. The van der Waals surface area contributed by atoms with E-state index in [4.69, 9.17) is 90.0 Å². The smallest absolute Gasteiger partial charge is 0.217 e. The van der Waals surface area contributed by atoms with Crippen molar-refractivity contribution >= 4 is 23.6 Å². The molecule has 10 heterocycles. The van der Waals surface area contributed by atoms with Gasteiger partial charge in [-0.15, -0.1) is 0 Å². The van der Waals surface area contributed by atoms with E-state index in [1.54, 1.807) is 0 Å². The van der Waals surface area contributed by atoms with Gasteiger partial charge in [0, 0.05) is 27.7 Å². The van der Waals surface area contributed by atoms with Gasteiger partial charge in [-0.1, -0.05) is 0 Å². The van der Waals surface area contributed by atoms with Crippen LogP contribution in [0.25, 0.3) is 0 Å². The van der Waals surface area contributed by atoms with Crippen molar-refractivity contribution in [3.63, 3.8) is 0 Å². The van der Waals surface area contributed by atoms with Crippen molar-refractivity contribution in [3.8, 4) is 0 Å². The zero-order chi connectivity index (χ0) is 90.5. The molecule has 55 nitrogen and oxygen atoms in total. The highest BCUT2D eigenvalue weighted by atomic mass is 16.8. The summed E-state index contributed by atoms with van der Waals surface area (Å²) < 4.78 is 112. The normalized spacial score (nSPS) is 49.4. The third kappa shape index (κ3) is 22.4. The standard InChI is InChI=1S/C68H114N4O51/c1-15(81)69-29-38(90)52(117-64-47(99)42(94)33(85)19(5-73)108-64)23(9-77)111-60(29)105-13-27-36(88)57(122-62-31(71-17(3)83)40(92)54(25(11-79)113-62)118-65-48(100)43(95)34(86)20(6-74)109-65)50(102)67(115-27)120-53-24(10-78)112-61(30(39(53)91)70-16(2)82)106-14-28-37(89)58(51(103)68(116-28)121-56-22(8-76)107-59(104)46(98)45(56)97)123-63-32(72-18(4)84)41(93)55(26(12-80)114-63)119-66-49(101)44(96)35(87)21(7-75)110-66/h19-68,73-80,85-104H,5-14H2,1-4H3,(H,69,81)(H,70,82)(H,71,83)(H,72,84)/t19-,20-,21-,22-,23-,24-,25-,26-,27-,28-,29-,30-,31-,32-,33+,34+,35+,36+,37+,38-,39-,40-,41-,42+,43+,44+,45-,46-,47-,48-,49-,50-,51-,52-,53-,54-,55-,56-,57+,58+,59?,60-,61-,62+,63+,64+,65?,66+,67+,68+/m1/s1. The summed E-state index contributed by atoms with van der Waals surface area (Å²) in [4.78, 5) is 52.1. The maximum Gasteiger partial charge on any atom is 0.217 e. The van der Waals surface area contributed by atoms with Crippen LogP contribution in [-0.4, -0.2) is 539 Å². The fraction of sp³-hybridized carbons (Fsp3) is 0.941. The second-order valence-electron chi connectivity index (χ2n) is 31.0. The number of hydrogen-bond acceptors (Lipinski definition) is 51. The van der Waals surface area contributed by atoms with Gasteiger partial charge < -0.3 is 254 Å². The van der Waals surface area contributed by atoms with Crippen molar-refractivity contribution in [2.45, 2.75) is 335 Å². The number of aliphatic hydroxyl groups is 28. The molecule has 712 valence electrons. The second-order valence-corrected chi connectivity index (χ2v) is 31.0. The Balaban J connectivity index is 0.940. The lowest BCUT2D eigenvalue weighted by atomic mass is 9.94. The van der Waals surface area contributed by atoms with E-state index in [9.17, 15) is 162 Å². The van der Waals surface area contributed by atoms with Crippen LogP contribution in [0.4, 0.5) is 0 Å². The molecule has 0 bridgehead atoms. The van der Waals surface area contributed by atoms with Gasteiger partial charge in [0.2, 0.25) is 23.6 Å². The lowest BCUT2D eigenvalue weighted by molar-refractivity contribution is -0.387. The summed E-state index contributed by atoms with van der Waals surface area (Å²) in [6.45, 7) is -7.09. The molecule has 32 N–H and O–H groups in total. The number of carbonyl (C=O) groups excluding carboxylic acids is 4. The molecular weight excluding hydrogens is 1690 g/mol. The monoisotopic (exact) mass is 1800 g/mol. The molecule has 10 fully saturated rings. The Morgan fingerprint density at radius 1 is 0.211 bits per heavy atom. The van der Waals surface area contributed by atoms with Gasteiger partial charge in [-0.25, -0.2) is 0 Å². The molecule has 0 radical (unpaired) electrons. The van der Waals surface area contributed by atoms with E-state index >= 15 is 0 Å². The van der Waals surface area contributed by atoms with Crippen molar-refractivity contribution in [1.29, 1.82) is 0 Å². The first-order valence-electron chi connectivity index (χ1n) is 39.1. The molecule has 0 aliphatic carbocycles. The largest absolute Gasteiger partial charge is 0.394 e. The lowest BCUT2D eigenvalue weighted by Crippen LogP contribution is -2.70. The minimum atomic E-state index is -2.52. The highest BCUT2D eigenvalue weighted by Gasteiger charge is 2.62. The number of carbonyl (C=O) groups is 4. The molecule has 0 spiro atoms. The summed E-state index contributed by atoms with van der Waals surface area (Å²) in [6, 6.07) is -7.74. The number of aliphatic hydroxyl groups excluding tert-OH is 28. The van der Waals surface area contributed by atoms with Crippen molar-refractivity contribution in [2.24, 2.45) is 0 Å². The van der Waals surface area contributed by atoms with Crippen molar-refractivity contribution in [1.82, 2.24) is 21.3 Å². The summed E-state index contributed by atoms with van der Waals surface area (Å²) in [5.41, 5.74) is 0. The third-order valence-corrected chi connectivity index (χ3v) is 22.4. The van der Waals surface area contributed by atoms with E-state index in [0.717, 1.165) is 27.7 Å². The van der Waals surface area contributed by atoms with Gasteiger partial charge in [-0.3, -0.25) is 19.2 Å². The lowest BCUT2D eigenvalue weighted by Gasteiger charge is -2.51. The van der Waals surface area contributed by atoms with Gasteiger partial charge in [0.1, 0.15) is 244 Å². The Hall–Kier alpha value is -4.00. The van der Waals surface area contributed by atoms with Crippen molar-refractivity contribution < 1.29 is 252 Å². The number of rotatable bonds is 32. The maximum atomic E-state index is 13.3. The van der Waals surface area contributed by atoms with Crippen LogP contribution < -0.4 is 21.3 Å². The van der Waals surface area contributed by atoms with Gasteiger partial charge in [-0.05, 0) is 0 Å². The predicted molar refractivity (Wildman–Crippen MR) is 376 cm³/mol. The molecule has 50 atom stereocenters. The molecule has 10 aliphatic rings. The van der Waals surface area contributed by atoms with Crippen LogP contribution in [0.15, 0.2) is 0 Å². The highest BCUT2D eigenvalue weighted by molar-refractivity contribution is 5.74. The molecule has 0 aromatic carbocycles. The summed E-state index contributed by atoms with van der Waals surface area (Å²) in [7, 11) is 0.